The molecular formula is C22H33N5O4. The van der Waals surface area contributed by atoms with E-state index in [9.17, 15) is 19.5 Å². The number of nitrogens with one attached hydrogen (secondary N) is 1. The lowest BCUT2D eigenvalue weighted by Gasteiger charge is -2.30. The Morgan fingerprint density at radius 3 is 2.45 bits per heavy atom. The number of aromatic nitrogens is 2. The molecule has 1 unspecified atom stereocenters. The summed E-state index contributed by atoms with van der Waals surface area (Å²) in [5, 5.41) is 9.93. The number of nitrogens with zero attached hydrogens (tertiary/aromatic N) is 3. The SMILES string of the molecule is CCCCN(C(=O)CN(CC(C)O)c1ccccc1)c1c(N)n(CCC)c(=O)[nH]c1=O. The molecule has 0 aliphatic rings. The van der Waals surface area contributed by atoms with Crippen molar-refractivity contribution in [3.8, 4) is 0 Å². The molecule has 1 atom stereocenters. The highest BCUT2D eigenvalue weighted by Gasteiger charge is 2.25. The predicted octanol–water partition coefficient (Wildman–Crippen LogP) is 1.55. The van der Waals surface area contributed by atoms with Gasteiger partial charge in [0.15, 0.2) is 5.69 Å². The number of benzene rings is 1. The first-order chi connectivity index (χ1) is 14.8. The van der Waals surface area contributed by atoms with E-state index in [0.717, 1.165) is 12.1 Å². The van der Waals surface area contributed by atoms with E-state index >= 15 is 0 Å². The number of para-hydroxylation sites is 1. The number of unbranched alkanes of at least 4 members (excludes halogenated alkanes) is 1. The van der Waals surface area contributed by atoms with E-state index in [4.69, 9.17) is 5.73 Å². The average Bonchev–Trinajstić information content (AvgIpc) is 2.73. The molecule has 1 amide bonds. The maximum atomic E-state index is 13.4. The fraction of sp³-hybridized carbons (Fsp3) is 0.500. The Hall–Kier alpha value is -3.07. The largest absolute Gasteiger partial charge is 0.392 e. The van der Waals surface area contributed by atoms with Gasteiger partial charge in [-0.2, -0.15) is 0 Å². The monoisotopic (exact) mass is 431 g/mol. The van der Waals surface area contributed by atoms with Crippen molar-refractivity contribution in [3.05, 3.63) is 51.2 Å². The van der Waals surface area contributed by atoms with E-state index in [-0.39, 0.29) is 30.5 Å². The molecule has 1 aromatic heterocycles. The quantitative estimate of drug-likeness (QED) is 0.496. The van der Waals surface area contributed by atoms with Crippen LogP contribution in [0.1, 0.15) is 40.0 Å². The lowest BCUT2D eigenvalue weighted by molar-refractivity contribution is -0.117. The van der Waals surface area contributed by atoms with Gasteiger partial charge in [0, 0.05) is 25.3 Å². The molecule has 9 nitrogen and oxygen atoms in total. The van der Waals surface area contributed by atoms with Crippen LogP contribution < -0.4 is 26.8 Å². The van der Waals surface area contributed by atoms with Crippen LogP contribution in [0, 0.1) is 0 Å². The number of rotatable bonds is 11. The number of aliphatic hydroxyl groups is 1. The molecule has 0 bridgehead atoms. The van der Waals surface area contributed by atoms with Crippen LogP contribution >= 0.6 is 0 Å². The first-order valence-electron chi connectivity index (χ1n) is 10.7. The topological polar surface area (TPSA) is 125 Å². The standard InChI is InChI=1S/C22H33N5O4/c1-4-6-13-26(19-20(23)27(12-5-2)22(31)24-21(19)30)18(29)15-25(14-16(3)28)17-10-8-7-9-11-17/h7-11,16,28H,4-6,12-15,23H2,1-3H3,(H,24,30,31). The number of H-pyrrole nitrogens is 1. The van der Waals surface area contributed by atoms with Gasteiger partial charge < -0.3 is 20.6 Å². The molecule has 1 aromatic carbocycles. The van der Waals surface area contributed by atoms with Crippen LogP contribution in [0.15, 0.2) is 39.9 Å². The Balaban J connectivity index is 2.46. The van der Waals surface area contributed by atoms with Crippen LogP contribution in [0.2, 0.25) is 0 Å². The Morgan fingerprint density at radius 2 is 1.87 bits per heavy atom. The molecule has 170 valence electrons. The normalized spacial score (nSPS) is 11.9. The number of carbonyl (C=O) groups excluding carboxylic acids is 1. The minimum absolute atomic E-state index is 0.00319. The molecule has 0 radical (unpaired) electrons. The summed E-state index contributed by atoms with van der Waals surface area (Å²) < 4.78 is 1.29. The van der Waals surface area contributed by atoms with E-state index in [1.807, 2.05) is 44.2 Å². The van der Waals surface area contributed by atoms with Gasteiger partial charge in [-0.25, -0.2) is 4.79 Å². The highest BCUT2D eigenvalue weighted by molar-refractivity contribution is 5.98. The van der Waals surface area contributed by atoms with Gasteiger partial charge >= 0.3 is 5.69 Å². The van der Waals surface area contributed by atoms with E-state index < -0.39 is 17.4 Å². The second kappa shape index (κ2) is 11.4. The fourth-order valence-corrected chi connectivity index (χ4v) is 3.43. The van der Waals surface area contributed by atoms with Crippen LogP contribution in [0.5, 0.6) is 0 Å². The molecule has 31 heavy (non-hydrogen) atoms. The molecule has 0 aliphatic carbocycles. The summed E-state index contributed by atoms with van der Waals surface area (Å²) in [4.78, 5) is 43.6. The highest BCUT2D eigenvalue weighted by atomic mass is 16.3. The smallest absolute Gasteiger partial charge is 0.330 e. The maximum absolute atomic E-state index is 13.4. The average molecular weight is 432 g/mol. The number of nitrogens with two attached hydrogens (primary N) is 1. The van der Waals surface area contributed by atoms with Crippen molar-refractivity contribution in [1.82, 2.24) is 9.55 Å². The summed E-state index contributed by atoms with van der Waals surface area (Å²) in [5.74, 6) is -0.348. The van der Waals surface area contributed by atoms with Crippen molar-refractivity contribution >= 4 is 23.1 Å². The van der Waals surface area contributed by atoms with E-state index in [2.05, 4.69) is 4.98 Å². The van der Waals surface area contributed by atoms with Crippen LogP contribution in [0.3, 0.4) is 0 Å². The van der Waals surface area contributed by atoms with E-state index in [1.54, 1.807) is 11.8 Å². The van der Waals surface area contributed by atoms with Gasteiger partial charge in [0.1, 0.15) is 5.82 Å². The van der Waals surface area contributed by atoms with Crippen molar-refractivity contribution in [2.45, 2.75) is 52.7 Å². The lowest BCUT2D eigenvalue weighted by Crippen LogP contribution is -2.46. The van der Waals surface area contributed by atoms with Gasteiger partial charge in [-0.3, -0.25) is 19.1 Å². The summed E-state index contributed by atoms with van der Waals surface area (Å²) in [5.41, 5.74) is 5.71. The first-order valence-corrected chi connectivity index (χ1v) is 10.7. The third-order valence-electron chi connectivity index (χ3n) is 4.90. The molecule has 4 N–H and O–H groups in total. The molecule has 0 fully saturated rings. The Morgan fingerprint density at radius 1 is 1.19 bits per heavy atom. The maximum Gasteiger partial charge on any atom is 0.330 e. The molecule has 2 rings (SSSR count). The van der Waals surface area contributed by atoms with Crippen molar-refractivity contribution < 1.29 is 9.90 Å². The number of amides is 1. The lowest BCUT2D eigenvalue weighted by atomic mass is 10.2. The summed E-state index contributed by atoms with van der Waals surface area (Å²) >= 11 is 0. The fourth-order valence-electron chi connectivity index (χ4n) is 3.43. The Bertz CT molecular complexity index is 968. The number of carbonyl (C=O) groups is 1. The van der Waals surface area contributed by atoms with Crippen molar-refractivity contribution in [1.29, 1.82) is 0 Å². The highest BCUT2D eigenvalue weighted by Crippen LogP contribution is 2.20. The van der Waals surface area contributed by atoms with Crippen LogP contribution in [0.4, 0.5) is 17.2 Å². The number of anilines is 3. The molecule has 0 saturated heterocycles. The minimum atomic E-state index is -0.680. The summed E-state index contributed by atoms with van der Waals surface area (Å²) in [6.07, 6.45) is 1.47. The number of nitrogen functional groups attached to an aromatic ring is 1. The third-order valence-corrected chi connectivity index (χ3v) is 4.90. The summed E-state index contributed by atoms with van der Waals surface area (Å²) in [6.45, 7) is 6.36. The number of hydrogen-bond donors (Lipinski definition) is 3. The molecule has 2 aromatic rings. The van der Waals surface area contributed by atoms with Crippen LogP contribution in [-0.4, -0.2) is 46.3 Å². The molecular weight excluding hydrogens is 398 g/mol. The summed E-state index contributed by atoms with van der Waals surface area (Å²) in [7, 11) is 0. The van der Waals surface area contributed by atoms with Gasteiger partial charge in [0.2, 0.25) is 5.91 Å². The van der Waals surface area contributed by atoms with Crippen LogP contribution in [0.25, 0.3) is 0 Å². The zero-order chi connectivity index (χ0) is 23.0. The first kappa shape index (κ1) is 24.2. The Labute approximate surface area is 182 Å². The Kier molecular flexibility index (Phi) is 8.87. The molecule has 0 spiro atoms. The molecule has 0 saturated carbocycles. The van der Waals surface area contributed by atoms with Gasteiger partial charge in [0.05, 0.1) is 12.6 Å². The van der Waals surface area contributed by atoms with Crippen molar-refractivity contribution in [2.24, 2.45) is 0 Å². The summed E-state index contributed by atoms with van der Waals surface area (Å²) in [6, 6.07) is 9.29. The number of aromatic amines is 1. The molecule has 0 aliphatic heterocycles. The minimum Gasteiger partial charge on any atom is -0.392 e. The van der Waals surface area contributed by atoms with Gasteiger partial charge in [-0.05, 0) is 31.9 Å². The number of aliphatic hydroxyl groups excluding tert-OH is 1. The second-order valence-corrected chi connectivity index (χ2v) is 7.61. The van der Waals surface area contributed by atoms with E-state index in [0.29, 0.717) is 25.9 Å². The van der Waals surface area contributed by atoms with Gasteiger partial charge in [-0.15, -0.1) is 0 Å². The second-order valence-electron chi connectivity index (χ2n) is 7.61. The zero-order valence-electron chi connectivity index (χ0n) is 18.5. The molecule has 9 heteroatoms. The van der Waals surface area contributed by atoms with Crippen molar-refractivity contribution in [2.75, 3.05) is 35.2 Å². The number of hydrogen-bond acceptors (Lipinski definition) is 6. The predicted molar refractivity (Wildman–Crippen MR) is 124 cm³/mol. The molecule has 1 heterocycles. The third kappa shape index (κ3) is 6.21. The van der Waals surface area contributed by atoms with E-state index in [1.165, 1.54) is 9.47 Å². The van der Waals surface area contributed by atoms with Gasteiger partial charge in [0.25, 0.3) is 5.56 Å². The van der Waals surface area contributed by atoms with Gasteiger partial charge in [-0.1, -0.05) is 38.5 Å². The van der Waals surface area contributed by atoms with Crippen LogP contribution in [-0.2, 0) is 11.3 Å². The zero-order valence-corrected chi connectivity index (χ0v) is 18.5. The van der Waals surface area contributed by atoms with Crippen molar-refractivity contribution in [3.63, 3.8) is 0 Å².